The van der Waals surface area contributed by atoms with E-state index < -0.39 is 0 Å². The molecule has 3 aromatic rings. The lowest BCUT2D eigenvalue weighted by molar-refractivity contribution is 0.436. The second-order valence-corrected chi connectivity index (χ2v) is 6.03. The Balaban J connectivity index is 1.66. The van der Waals surface area contributed by atoms with Crippen LogP contribution in [0.25, 0.3) is 22.6 Å². The number of piperidine rings is 1. The number of para-hydroxylation sites is 2. The number of imidazole rings is 1. The monoisotopic (exact) mass is 293 g/mol. The number of H-pyrrole nitrogens is 1. The quantitative estimate of drug-likeness (QED) is 0.788. The molecule has 22 heavy (non-hydrogen) atoms. The molecular formula is C17H19N5. The van der Waals surface area contributed by atoms with E-state index in [-0.39, 0.29) is 0 Å². The first kappa shape index (κ1) is 13.2. The molecule has 0 saturated carbocycles. The van der Waals surface area contributed by atoms with E-state index >= 15 is 0 Å². The van der Waals surface area contributed by atoms with Gasteiger partial charge in [-0.15, -0.1) is 0 Å². The molecule has 1 saturated heterocycles. The van der Waals surface area contributed by atoms with E-state index in [2.05, 4.69) is 26.8 Å². The SMILES string of the molecule is CC1CCN(c2cncc(-c3nc4ccccc4[nH]3)n2)CC1. The van der Waals surface area contributed by atoms with Gasteiger partial charge in [0, 0.05) is 13.1 Å². The Kier molecular flexibility index (Phi) is 3.25. The lowest BCUT2D eigenvalue weighted by Gasteiger charge is -2.30. The van der Waals surface area contributed by atoms with Gasteiger partial charge in [0.2, 0.25) is 0 Å². The zero-order chi connectivity index (χ0) is 14.9. The lowest BCUT2D eigenvalue weighted by Crippen LogP contribution is -2.33. The number of benzene rings is 1. The standard InChI is InChI=1S/C17H19N5/c1-12-6-8-22(9-7-12)16-11-18-10-15(19-16)17-20-13-4-2-3-5-14(13)21-17/h2-5,10-12H,6-9H2,1H3,(H,20,21). The van der Waals surface area contributed by atoms with Crippen molar-refractivity contribution >= 4 is 16.9 Å². The van der Waals surface area contributed by atoms with Gasteiger partial charge in [-0.25, -0.2) is 9.97 Å². The number of rotatable bonds is 2. The number of aromatic nitrogens is 4. The van der Waals surface area contributed by atoms with E-state index in [0.717, 1.165) is 47.4 Å². The molecule has 0 bridgehead atoms. The topological polar surface area (TPSA) is 57.7 Å². The van der Waals surface area contributed by atoms with Crippen molar-refractivity contribution in [2.75, 3.05) is 18.0 Å². The van der Waals surface area contributed by atoms with Crippen molar-refractivity contribution in [3.05, 3.63) is 36.7 Å². The van der Waals surface area contributed by atoms with Gasteiger partial charge in [0.05, 0.1) is 23.4 Å². The fourth-order valence-electron chi connectivity index (χ4n) is 2.93. The first-order chi connectivity index (χ1) is 10.8. The number of nitrogens with one attached hydrogen (secondary N) is 1. The number of anilines is 1. The third kappa shape index (κ3) is 2.43. The molecule has 0 atom stereocenters. The van der Waals surface area contributed by atoms with Gasteiger partial charge < -0.3 is 9.88 Å². The molecule has 1 N–H and O–H groups in total. The summed E-state index contributed by atoms with van der Waals surface area (Å²) in [6.45, 7) is 4.42. The molecule has 0 aliphatic carbocycles. The van der Waals surface area contributed by atoms with Crippen LogP contribution in [0.4, 0.5) is 5.82 Å². The van der Waals surface area contributed by atoms with Gasteiger partial charge in [0.1, 0.15) is 11.5 Å². The lowest BCUT2D eigenvalue weighted by atomic mass is 9.99. The Morgan fingerprint density at radius 1 is 1.09 bits per heavy atom. The van der Waals surface area contributed by atoms with Crippen molar-refractivity contribution in [1.29, 1.82) is 0 Å². The summed E-state index contributed by atoms with van der Waals surface area (Å²) in [5.41, 5.74) is 2.78. The third-order valence-electron chi connectivity index (χ3n) is 4.36. The minimum atomic E-state index is 0.779. The van der Waals surface area contributed by atoms with Crippen LogP contribution >= 0.6 is 0 Å². The minimum Gasteiger partial charge on any atom is -0.355 e. The van der Waals surface area contributed by atoms with Crippen LogP contribution in [-0.2, 0) is 0 Å². The zero-order valence-corrected chi connectivity index (χ0v) is 12.7. The molecule has 4 rings (SSSR count). The van der Waals surface area contributed by atoms with Crippen LogP contribution in [0.2, 0.25) is 0 Å². The average molecular weight is 293 g/mol. The van der Waals surface area contributed by atoms with Gasteiger partial charge in [0.25, 0.3) is 0 Å². The Hall–Kier alpha value is -2.43. The van der Waals surface area contributed by atoms with Crippen LogP contribution in [0.15, 0.2) is 36.7 Å². The smallest absolute Gasteiger partial charge is 0.158 e. The van der Waals surface area contributed by atoms with Gasteiger partial charge >= 0.3 is 0 Å². The molecule has 2 aromatic heterocycles. The van der Waals surface area contributed by atoms with Crippen molar-refractivity contribution in [2.45, 2.75) is 19.8 Å². The summed E-state index contributed by atoms with van der Waals surface area (Å²) in [7, 11) is 0. The molecule has 5 heteroatoms. The summed E-state index contributed by atoms with van der Waals surface area (Å²) in [6, 6.07) is 8.01. The summed E-state index contributed by atoms with van der Waals surface area (Å²) in [5, 5.41) is 0. The highest BCUT2D eigenvalue weighted by Crippen LogP contribution is 2.23. The molecule has 1 aliphatic heterocycles. The van der Waals surface area contributed by atoms with Crippen LogP contribution in [0.3, 0.4) is 0 Å². The van der Waals surface area contributed by atoms with E-state index in [4.69, 9.17) is 4.98 Å². The van der Waals surface area contributed by atoms with Crippen molar-refractivity contribution < 1.29 is 0 Å². The van der Waals surface area contributed by atoms with Crippen LogP contribution in [0.5, 0.6) is 0 Å². The maximum absolute atomic E-state index is 4.76. The molecule has 0 radical (unpaired) electrons. The molecule has 112 valence electrons. The average Bonchev–Trinajstić information content (AvgIpc) is 3.00. The Morgan fingerprint density at radius 3 is 2.73 bits per heavy atom. The third-order valence-corrected chi connectivity index (χ3v) is 4.36. The van der Waals surface area contributed by atoms with Crippen molar-refractivity contribution in [3.8, 4) is 11.5 Å². The van der Waals surface area contributed by atoms with E-state index in [1.807, 2.05) is 30.5 Å². The summed E-state index contributed by atoms with van der Waals surface area (Å²) >= 11 is 0. The van der Waals surface area contributed by atoms with Crippen molar-refractivity contribution in [2.24, 2.45) is 5.92 Å². The second-order valence-electron chi connectivity index (χ2n) is 6.03. The van der Waals surface area contributed by atoms with Crippen LogP contribution < -0.4 is 4.90 Å². The predicted molar refractivity (Wildman–Crippen MR) is 87.7 cm³/mol. The zero-order valence-electron chi connectivity index (χ0n) is 12.7. The summed E-state index contributed by atoms with van der Waals surface area (Å²) < 4.78 is 0. The fourth-order valence-corrected chi connectivity index (χ4v) is 2.93. The Morgan fingerprint density at radius 2 is 1.91 bits per heavy atom. The van der Waals surface area contributed by atoms with Gasteiger partial charge in [-0.2, -0.15) is 0 Å². The number of fused-ring (bicyclic) bond motifs is 1. The molecule has 0 unspecified atom stereocenters. The van der Waals surface area contributed by atoms with Crippen LogP contribution in [0.1, 0.15) is 19.8 Å². The van der Waals surface area contributed by atoms with Crippen molar-refractivity contribution in [1.82, 2.24) is 19.9 Å². The van der Waals surface area contributed by atoms with Crippen LogP contribution in [-0.4, -0.2) is 33.0 Å². The first-order valence-electron chi connectivity index (χ1n) is 7.82. The largest absolute Gasteiger partial charge is 0.355 e. The predicted octanol–water partition coefficient (Wildman–Crippen LogP) is 3.26. The van der Waals surface area contributed by atoms with E-state index in [1.165, 1.54) is 12.8 Å². The highest BCUT2D eigenvalue weighted by atomic mass is 15.2. The van der Waals surface area contributed by atoms with Crippen LogP contribution in [0, 0.1) is 5.92 Å². The van der Waals surface area contributed by atoms with E-state index in [0.29, 0.717) is 0 Å². The van der Waals surface area contributed by atoms with Gasteiger partial charge in [0.15, 0.2) is 5.82 Å². The number of hydrogen-bond donors (Lipinski definition) is 1. The summed E-state index contributed by atoms with van der Waals surface area (Å²) in [6.07, 6.45) is 6.06. The molecule has 1 aromatic carbocycles. The molecule has 1 aliphatic rings. The van der Waals surface area contributed by atoms with Crippen molar-refractivity contribution in [3.63, 3.8) is 0 Å². The molecule has 0 spiro atoms. The number of nitrogens with zero attached hydrogens (tertiary/aromatic N) is 4. The molecular weight excluding hydrogens is 274 g/mol. The maximum atomic E-state index is 4.76. The van der Waals surface area contributed by atoms with Gasteiger partial charge in [-0.05, 0) is 30.9 Å². The minimum absolute atomic E-state index is 0.779. The summed E-state index contributed by atoms with van der Waals surface area (Å²) in [5.74, 6) is 2.54. The summed E-state index contributed by atoms with van der Waals surface area (Å²) in [4.78, 5) is 19.4. The molecule has 5 nitrogen and oxygen atoms in total. The molecule has 3 heterocycles. The Bertz CT molecular complexity index is 753. The highest BCUT2D eigenvalue weighted by molar-refractivity contribution is 5.78. The number of hydrogen-bond acceptors (Lipinski definition) is 4. The molecule has 1 fully saturated rings. The number of aromatic amines is 1. The maximum Gasteiger partial charge on any atom is 0.158 e. The Labute approximate surface area is 129 Å². The van der Waals surface area contributed by atoms with Gasteiger partial charge in [-0.3, -0.25) is 4.98 Å². The van der Waals surface area contributed by atoms with Gasteiger partial charge in [-0.1, -0.05) is 19.1 Å². The molecule has 0 amide bonds. The second kappa shape index (κ2) is 5.40. The normalized spacial score (nSPS) is 16.3. The van der Waals surface area contributed by atoms with E-state index in [9.17, 15) is 0 Å². The fraction of sp³-hybridized carbons (Fsp3) is 0.353. The van der Waals surface area contributed by atoms with E-state index in [1.54, 1.807) is 6.20 Å². The highest BCUT2D eigenvalue weighted by Gasteiger charge is 2.18. The first-order valence-corrected chi connectivity index (χ1v) is 7.82.